The van der Waals surface area contributed by atoms with Crippen LogP contribution in [0.3, 0.4) is 0 Å². The zero-order chi connectivity index (χ0) is 42.6. The van der Waals surface area contributed by atoms with E-state index in [1.54, 1.807) is 0 Å². The Labute approximate surface area is 359 Å². The van der Waals surface area contributed by atoms with Crippen LogP contribution < -0.4 is 9.80 Å². The highest BCUT2D eigenvalue weighted by molar-refractivity contribution is 6.24. The first kappa shape index (κ1) is 40.7. The van der Waals surface area contributed by atoms with Crippen molar-refractivity contribution in [2.45, 2.75) is 92.4 Å². The summed E-state index contributed by atoms with van der Waals surface area (Å²) in [5.41, 5.74) is 15.5. The molecule has 2 heteroatoms. The van der Waals surface area contributed by atoms with E-state index < -0.39 is 0 Å². The molecule has 0 N–H and O–H groups in total. The standard InChI is InChI=1S/C58H60N2/c1-39-19-15-25-46(33-39)59(47-26-16-20-40(2)34-47)55-50-31-29-42(41-21-13-12-14-22-41)35-52(50)54(51-32-30-45(38-53(51)55)58(9,10)11)60(48-27-17-23-43(36-48)56(3,4)5)49-28-18-24-44(37-49)57(6,7)8/h12-38H,1-11H3. The van der Waals surface area contributed by atoms with Crippen LogP contribution in [0.25, 0.3) is 32.7 Å². The smallest absolute Gasteiger partial charge is 0.0620 e. The Morgan fingerprint density at radius 1 is 0.300 bits per heavy atom. The maximum Gasteiger partial charge on any atom is 0.0620 e. The Hall–Kier alpha value is -6.12. The fourth-order valence-corrected chi connectivity index (χ4v) is 8.51. The van der Waals surface area contributed by atoms with Crippen LogP contribution in [0.4, 0.5) is 34.1 Å². The van der Waals surface area contributed by atoms with Gasteiger partial charge in [0.05, 0.1) is 11.4 Å². The number of fused-ring (bicyclic) bond motifs is 2. The van der Waals surface area contributed by atoms with E-state index in [2.05, 4.69) is 250 Å². The summed E-state index contributed by atoms with van der Waals surface area (Å²) in [6.07, 6.45) is 0. The molecule has 0 bridgehead atoms. The molecule has 0 aliphatic carbocycles. The Morgan fingerprint density at radius 3 is 1.15 bits per heavy atom. The van der Waals surface area contributed by atoms with Gasteiger partial charge >= 0.3 is 0 Å². The molecule has 0 radical (unpaired) electrons. The molecular weight excluding hydrogens is 725 g/mol. The van der Waals surface area contributed by atoms with Gasteiger partial charge in [0, 0.05) is 44.3 Å². The van der Waals surface area contributed by atoms with Gasteiger partial charge in [0.25, 0.3) is 0 Å². The van der Waals surface area contributed by atoms with Crippen molar-refractivity contribution in [2.24, 2.45) is 0 Å². The summed E-state index contributed by atoms with van der Waals surface area (Å²) in [6, 6.07) is 61.6. The molecule has 60 heavy (non-hydrogen) atoms. The third kappa shape index (κ3) is 7.96. The SMILES string of the molecule is Cc1cccc(N(c2cccc(C)c2)c2c3ccc(-c4ccccc4)cc3c(N(c3cccc(C(C)(C)C)c3)c3cccc(C(C)(C)C)c3)c3ccc(C(C)(C)C)cc23)c1. The minimum atomic E-state index is -0.0724. The van der Waals surface area contributed by atoms with Crippen LogP contribution in [0.1, 0.15) is 90.1 Å². The molecule has 0 unspecified atom stereocenters. The molecule has 0 saturated carbocycles. The number of hydrogen-bond acceptors (Lipinski definition) is 2. The fourth-order valence-electron chi connectivity index (χ4n) is 8.51. The average molecular weight is 785 g/mol. The Kier molecular flexibility index (Phi) is 10.5. The minimum absolute atomic E-state index is 0.0346. The molecule has 0 fully saturated rings. The Balaban J connectivity index is 1.61. The lowest BCUT2D eigenvalue weighted by Gasteiger charge is -2.34. The van der Waals surface area contributed by atoms with Gasteiger partial charge in [0.15, 0.2) is 0 Å². The normalized spacial score (nSPS) is 12.2. The second-order valence-corrected chi connectivity index (χ2v) is 19.8. The third-order valence-corrected chi connectivity index (χ3v) is 11.9. The summed E-state index contributed by atoms with van der Waals surface area (Å²) in [5.74, 6) is 0. The van der Waals surface area contributed by atoms with E-state index in [0.29, 0.717) is 0 Å². The number of rotatable bonds is 7. The van der Waals surface area contributed by atoms with Crippen molar-refractivity contribution < 1.29 is 0 Å². The highest BCUT2D eigenvalue weighted by Crippen LogP contribution is 2.53. The summed E-state index contributed by atoms with van der Waals surface area (Å²) >= 11 is 0. The molecule has 8 aromatic carbocycles. The van der Waals surface area contributed by atoms with Crippen molar-refractivity contribution in [3.63, 3.8) is 0 Å². The second-order valence-electron chi connectivity index (χ2n) is 19.8. The molecule has 0 aromatic heterocycles. The first-order valence-electron chi connectivity index (χ1n) is 21.5. The lowest BCUT2D eigenvalue weighted by molar-refractivity contribution is 0.590. The molecule has 0 aliphatic heterocycles. The zero-order valence-electron chi connectivity index (χ0n) is 37.5. The van der Waals surface area contributed by atoms with E-state index in [-0.39, 0.29) is 16.2 Å². The van der Waals surface area contributed by atoms with Crippen molar-refractivity contribution in [3.8, 4) is 11.1 Å². The number of aryl methyl sites for hydroxylation is 2. The van der Waals surface area contributed by atoms with Crippen LogP contribution in [-0.2, 0) is 16.2 Å². The van der Waals surface area contributed by atoms with E-state index in [4.69, 9.17) is 0 Å². The van der Waals surface area contributed by atoms with Crippen LogP contribution in [0.2, 0.25) is 0 Å². The Bertz CT molecular complexity index is 2740. The van der Waals surface area contributed by atoms with Crippen molar-refractivity contribution in [2.75, 3.05) is 9.80 Å². The highest BCUT2D eigenvalue weighted by atomic mass is 15.2. The molecule has 8 aromatic rings. The van der Waals surface area contributed by atoms with E-state index in [1.165, 1.54) is 71.9 Å². The maximum absolute atomic E-state index is 2.55. The van der Waals surface area contributed by atoms with E-state index in [9.17, 15) is 0 Å². The summed E-state index contributed by atoms with van der Waals surface area (Å²) < 4.78 is 0. The quantitative estimate of drug-likeness (QED) is 0.117. The first-order chi connectivity index (χ1) is 28.5. The summed E-state index contributed by atoms with van der Waals surface area (Å²) in [5, 5.41) is 4.79. The zero-order valence-corrected chi connectivity index (χ0v) is 37.5. The van der Waals surface area contributed by atoms with E-state index in [0.717, 1.165) is 22.7 Å². The Morgan fingerprint density at radius 2 is 0.700 bits per heavy atom. The molecule has 0 atom stereocenters. The summed E-state index contributed by atoms with van der Waals surface area (Å²) in [4.78, 5) is 5.06. The van der Waals surface area contributed by atoms with Crippen LogP contribution in [0, 0.1) is 13.8 Å². The van der Waals surface area contributed by atoms with Crippen LogP contribution in [0.5, 0.6) is 0 Å². The molecule has 0 aliphatic rings. The largest absolute Gasteiger partial charge is 0.309 e. The van der Waals surface area contributed by atoms with Gasteiger partial charge in [-0.05, 0) is 130 Å². The maximum atomic E-state index is 2.55. The molecule has 302 valence electrons. The van der Waals surface area contributed by atoms with Gasteiger partial charge in [-0.15, -0.1) is 0 Å². The van der Waals surface area contributed by atoms with Gasteiger partial charge in [-0.2, -0.15) is 0 Å². The van der Waals surface area contributed by atoms with Gasteiger partial charge in [-0.1, -0.05) is 165 Å². The van der Waals surface area contributed by atoms with Crippen LogP contribution >= 0.6 is 0 Å². The molecule has 2 nitrogen and oxygen atoms in total. The fraction of sp³-hybridized carbons (Fsp3) is 0.241. The molecular formula is C58H60N2. The predicted molar refractivity (Wildman–Crippen MR) is 262 cm³/mol. The van der Waals surface area contributed by atoms with Crippen molar-refractivity contribution in [1.29, 1.82) is 0 Å². The minimum Gasteiger partial charge on any atom is -0.309 e. The van der Waals surface area contributed by atoms with Crippen LogP contribution in [-0.4, -0.2) is 0 Å². The number of benzene rings is 8. The molecule has 8 rings (SSSR count). The van der Waals surface area contributed by atoms with E-state index >= 15 is 0 Å². The van der Waals surface area contributed by atoms with Crippen molar-refractivity contribution in [3.05, 3.63) is 192 Å². The molecule has 0 saturated heterocycles. The van der Waals surface area contributed by atoms with Gasteiger partial charge in [-0.25, -0.2) is 0 Å². The summed E-state index contributed by atoms with van der Waals surface area (Å²) in [6.45, 7) is 25.2. The molecule has 0 heterocycles. The van der Waals surface area contributed by atoms with Crippen LogP contribution in [0.15, 0.2) is 164 Å². The van der Waals surface area contributed by atoms with Crippen molar-refractivity contribution >= 4 is 55.7 Å². The van der Waals surface area contributed by atoms with Gasteiger partial charge in [0.1, 0.15) is 0 Å². The monoisotopic (exact) mass is 784 g/mol. The lowest BCUT2D eigenvalue weighted by atomic mass is 9.84. The lowest BCUT2D eigenvalue weighted by Crippen LogP contribution is -2.18. The topological polar surface area (TPSA) is 6.48 Å². The van der Waals surface area contributed by atoms with Crippen molar-refractivity contribution in [1.82, 2.24) is 0 Å². The average Bonchev–Trinajstić information content (AvgIpc) is 3.21. The third-order valence-electron chi connectivity index (χ3n) is 11.9. The number of nitrogens with zero attached hydrogens (tertiary/aromatic N) is 2. The first-order valence-corrected chi connectivity index (χ1v) is 21.5. The van der Waals surface area contributed by atoms with E-state index in [1.807, 2.05) is 0 Å². The summed E-state index contributed by atoms with van der Waals surface area (Å²) in [7, 11) is 0. The second kappa shape index (κ2) is 15.5. The number of anilines is 6. The molecule has 0 spiro atoms. The molecule has 0 amide bonds. The van der Waals surface area contributed by atoms with Gasteiger partial charge in [0.2, 0.25) is 0 Å². The van der Waals surface area contributed by atoms with Gasteiger partial charge in [-0.3, -0.25) is 0 Å². The highest BCUT2D eigenvalue weighted by Gasteiger charge is 2.29. The number of hydrogen-bond donors (Lipinski definition) is 0. The van der Waals surface area contributed by atoms with Gasteiger partial charge < -0.3 is 9.80 Å². The predicted octanol–water partition coefficient (Wildman–Crippen LogP) is 17.1.